The second-order valence-corrected chi connectivity index (χ2v) is 9.29. The molecule has 0 unspecified atom stereocenters. The molecule has 0 amide bonds. The molecule has 0 saturated carbocycles. The van der Waals surface area contributed by atoms with E-state index in [-0.39, 0.29) is 51.0 Å². The molecule has 4 aromatic rings. The predicted molar refractivity (Wildman–Crippen MR) is 113 cm³/mol. The molecule has 0 aliphatic heterocycles. The van der Waals surface area contributed by atoms with Crippen LogP contribution in [0.1, 0.15) is 11.1 Å². The molecule has 4 heteroatoms. The molecule has 0 aliphatic carbocycles. The number of hydrogen-bond acceptors (Lipinski definition) is 0. The van der Waals surface area contributed by atoms with Crippen LogP contribution in [0.2, 0.25) is 0 Å². The van der Waals surface area contributed by atoms with Gasteiger partial charge in [0.2, 0.25) is 0 Å². The Labute approximate surface area is 207 Å². The van der Waals surface area contributed by atoms with Gasteiger partial charge >= 0.3 is 111 Å². The summed E-state index contributed by atoms with van der Waals surface area (Å²) in [6.45, 7) is 4.17. The molecular formula is C24H25Cl2GeZr. The topological polar surface area (TPSA) is 0 Å². The molecule has 0 fully saturated rings. The van der Waals surface area contributed by atoms with Gasteiger partial charge in [0.25, 0.3) is 0 Å². The van der Waals surface area contributed by atoms with Crippen molar-refractivity contribution in [1.29, 1.82) is 0 Å². The molecule has 0 aliphatic rings. The number of hydrogen-bond donors (Lipinski definition) is 0. The van der Waals surface area contributed by atoms with E-state index in [4.69, 9.17) is 0 Å². The van der Waals surface area contributed by atoms with Crippen LogP contribution in [-0.2, 0) is 26.2 Å². The summed E-state index contributed by atoms with van der Waals surface area (Å²) in [5.41, 5.74) is 2.69. The van der Waals surface area contributed by atoms with Gasteiger partial charge in [0.05, 0.1) is 0 Å². The Morgan fingerprint density at radius 2 is 0.786 bits per heavy atom. The first-order valence-electron chi connectivity index (χ1n) is 8.55. The molecule has 0 atom stereocenters. The van der Waals surface area contributed by atoms with Crippen molar-refractivity contribution >= 4 is 24.2 Å². The zero-order valence-electron chi connectivity index (χ0n) is 16.2. The number of aryl methyl sites for hydroxylation is 2. The molecule has 1 radical (unpaired) electrons. The first kappa shape index (κ1) is 29.3. The summed E-state index contributed by atoms with van der Waals surface area (Å²) in [5, 5.41) is 0. The zero-order chi connectivity index (χ0) is 17.7. The van der Waals surface area contributed by atoms with Crippen LogP contribution in [0.3, 0.4) is 0 Å². The molecule has 0 N–H and O–H groups in total. The number of benzene rings is 2. The minimum atomic E-state index is -0.392. The van der Waals surface area contributed by atoms with Crippen molar-refractivity contribution in [2.45, 2.75) is 13.8 Å². The van der Waals surface area contributed by atoms with Crippen molar-refractivity contribution in [2.75, 3.05) is 0 Å². The van der Waals surface area contributed by atoms with E-state index in [0.717, 1.165) is 0 Å². The number of halogens is 2. The van der Waals surface area contributed by atoms with E-state index in [9.17, 15) is 0 Å². The third-order valence-electron chi connectivity index (χ3n) is 3.59. The molecule has 0 saturated heterocycles. The Morgan fingerprint density at radius 1 is 0.500 bits per heavy atom. The van der Waals surface area contributed by atoms with Gasteiger partial charge in [-0.15, -0.1) is 0 Å². The van der Waals surface area contributed by atoms with Crippen LogP contribution in [0, 0.1) is 13.8 Å². The molecule has 0 bridgehead atoms. The Morgan fingerprint density at radius 3 is 1.00 bits per heavy atom. The summed E-state index contributed by atoms with van der Waals surface area (Å²) < 4.78 is 3.05. The first-order chi connectivity index (χ1) is 12.2. The average molecular weight is 548 g/mol. The second kappa shape index (κ2) is 18.2. The van der Waals surface area contributed by atoms with Gasteiger partial charge in [-0.05, 0) is 0 Å². The maximum absolute atomic E-state index is 2.23. The predicted octanol–water partition coefficient (Wildman–Crippen LogP) is -1.49. The fourth-order valence-corrected chi connectivity index (χ4v) is 4.78. The van der Waals surface area contributed by atoms with E-state index >= 15 is 0 Å². The average Bonchev–Trinajstić information content (AvgIpc) is 3.31. The van der Waals surface area contributed by atoms with Gasteiger partial charge in [0.1, 0.15) is 0 Å². The maximum atomic E-state index is 2.23. The standard InChI is InChI=1S/C12H11Ge.2C6H7.2ClH.Zr/c1-3-7-11(8-4-1)13-12-9-5-2-6-10-12;2*1-6-4-2-3-5-6;;;/h1-10,13H;2*2-5H,1H3;2*1H;/q;2*-1;;;+4/p-2. The zero-order valence-corrected chi connectivity index (χ0v) is 22.6. The molecular weight excluding hydrogens is 523 g/mol. The molecule has 4 aromatic carbocycles. The van der Waals surface area contributed by atoms with E-state index in [1.165, 1.54) is 19.9 Å². The van der Waals surface area contributed by atoms with Crippen molar-refractivity contribution in [3.05, 3.63) is 120 Å². The van der Waals surface area contributed by atoms with Gasteiger partial charge in [-0.3, -0.25) is 0 Å². The van der Waals surface area contributed by atoms with E-state index in [1.807, 2.05) is 24.3 Å². The second-order valence-electron chi connectivity index (χ2n) is 5.89. The van der Waals surface area contributed by atoms with E-state index < -0.39 is 15.4 Å². The van der Waals surface area contributed by atoms with Crippen LogP contribution >= 0.6 is 0 Å². The van der Waals surface area contributed by atoms with Crippen molar-refractivity contribution in [3.8, 4) is 0 Å². The fraction of sp³-hybridized carbons (Fsp3) is 0.0833. The van der Waals surface area contributed by atoms with Gasteiger partial charge in [-0.1, -0.05) is 13.8 Å². The van der Waals surface area contributed by atoms with Gasteiger partial charge in [0.15, 0.2) is 0 Å². The quantitative estimate of drug-likeness (QED) is 0.212. The normalized spacial score (nSPS) is 8.36. The monoisotopic (exact) mass is 547 g/mol. The van der Waals surface area contributed by atoms with E-state index in [0.29, 0.717) is 0 Å². The molecule has 0 aromatic heterocycles. The third kappa shape index (κ3) is 13.3. The van der Waals surface area contributed by atoms with Gasteiger partial charge in [0, 0.05) is 0 Å². The van der Waals surface area contributed by atoms with Crippen LogP contribution in [-0.4, -0.2) is 15.4 Å². The minimum absolute atomic E-state index is 0. The van der Waals surface area contributed by atoms with Gasteiger partial charge < -0.3 is 24.8 Å². The van der Waals surface area contributed by atoms with Crippen molar-refractivity contribution in [3.63, 3.8) is 0 Å². The van der Waals surface area contributed by atoms with Gasteiger partial charge in [-0.25, -0.2) is 24.3 Å². The molecule has 28 heavy (non-hydrogen) atoms. The molecule has 0 nitrogen and oxygen atoms in total. The SMILES string of the molecule is C[c-]1cccc1.C[c-]1cccc1.[Cl-].[Cl-].[Zr+4].c1cc[c]([GeH][c]2ccccc2)cc1. The third-order valence-corrected chi connectivity index (χ3v) is 6.60. The van der Waals surface area contributed by atoms with Crippen molar-refractivity contribution < 1.29 is 51.0 Å². The van der Waals surface area contributed by atoms with Crippen molar-refractivity contribution in [2.24, 2.45) is 0 Å². The van der Waals surface area contributed by atoms with E-state index in [2.05, 4.69) is 98.8 Å². The molecule has 4 rings (SSSR count). The Bertz CT molecular complexity index is 714. The number of rotatable bonds is 2. The summed E-state index contributed by atoms with van der Waals surface area (Å²) >= 11 is -0.392. The summed E-state index contributed by atoms with van der Waals surface area (Å²) in [4.78, 5) is 0. The summed E-state index contributed by atoms with van der Waals surface area (Å²) in [5.74, 6) is 0. The molecule has 0 heterocycles. The van der Waals surface area contributed by atoms with Crippen LogP contribution in [0.4, 0.5) is 0 Å². The van der Waals surface area contributed by atoms with Crippen LogP contribution in [0.15, 0.2) is 109 Å². The Kier molecular flexibility index (Phi) is 19.1. The van der Waals surface area contributed by atoms with Crippen LogP contribution in [0.5, 0.6) is 0 Å². The fourth-order valence-electron chi connectivity index (χ4n) is 2.23. The summed E-state index contributed by atoms with van der Waals surface area (Å²) in [6, 6.07) is 38.0. The van der Waals surface area contributed by atoms with Crippen LogP contribution in [0.25, 0.3) is 0 Å². The first-order valence-corrected chi connectivity index (χ1v) is 11.0. The van der Waals surface area contributed by atoms with Gasteiger partial charge in [-0.2, -0.15) is 35.4 Å². The summed E-state index contributed by atoms with van der Waals surface area (Å²) in [7, 11) is 0. The molecule has 0 spiro atoms. The Hall–Kier alpha value is -0.854. The summed E-state index contributed by atoms with van der Waals surface area (Å²) in [6.07, 6.45) is 0. The van der Waals surface area contributed by atoms with E-state index in [1.54, 1.807) is 0 Å². The Balaban J connectivity index is 0. The van der Waals surface area contributed by atoms with Crippen molar-refractivity contribution in [1.82, 2.24) is 0 Å². The van der Waals surface area contributed by atoms with Crippen LogP contribution < -0.4 is 33.6 Å². The molecule has 143 valence electrons.